The number of ether oxygens (including phenoxy) is 1. The summed E-state index contributed by atoms with van der Waals surface area (Å²) in [4.78, 5) is 26.4. The molecule has 1 saturated heterocycles. The van der Waals surface area contributed by atoms with E-state index in [-0.39, 0.29) is 42.4 Å². The van der Waals surface area contributed by atoms with Gasteiger partial charge in [-0.15, -0.1) is 0 Å². The standard InChI is InChI=1S/C22H19BrClNO6/c1-11-5-13(20-7-16(26)12-3-2-4-15(24)22(12)31-20)19(6-14(11)23)30-10-21(29)25-8-17(27)18(28)9-25/h2-7,17-18,27-28H,8-10H2,1H3. The van der Waals surface area contributed by atoms with Gasteiger partial charge in [-0.1, -0.05) is 33.6 Å². The fraction of sp³-hybridized carbons (Fsp3) is 0.273. The molecule has 2 aromatic carbocycles. The molecular formula is C22H19BrClNO6. The van der Waals surface area contributed by atoms with Gasteiger partial charge in [0, 0.05) is 23.6 Å². The Morgan fingerprint density at radius 3 is 2.68 bits per heavy atom. The molecule has 0 radical (unpaired) electrons. The predicted molar refractivity (Wildman–Crippen MR) is 119 cm³/mol. The summed E-state index contributed by atoms with van der Waals surface area (Å²) >= 11 is 9.67. The van der Waals surface area contributed by atoms with E-state index in [1.165, 1.54) is 11.0 Å². The van der Waals surface area contributed by atoms with E-state index in [9.17, 15) is 19.8 Å². The van der Waals surface area contributed by atoms with Gasteiger partial charge in [-0.3, -0.25) is 9.59 Å². The maximum absolute atomic E-state index is 12.6. The van der Waals surface area contributed by atoms with E-state index in [4.69, 9.17) is 20.8 Å². The summed E-state index contributed by atoms with van der Waals surface area (Å²) in [5.41, 5.74) is 1.39. The number of benzene rings is 2. The van der Waals surface area contributed by atoms with E-state index in [0.29, 0.717) is 21.7 Å². The lowest BCUT2D eigenvalue weighted by Crippen LogP contribution is -2.34. The molecule has 1 aliphatic heterocycles. The number of hydrogen-bond acceptors (Lipinski definition) is 6. The van der Waals surface area contributed by atoms with Crippen LogP contribution in [0, 0.1) is 6.92 Å². The highest BCUT2D eigenvalue weighted by atomic mass is 79.9. The van der Waals surface area contributed by atoms with Gasteiger partial charge in [0.25, 0.3) is 5.91 Å². The van der Waals surface area contributed by atoms with Crippen molar-refractivity contribution in [3.05, 3.63) is 61.7 Å². The van der Waals surface area contributed by atoms with Gasteiger partial charge < -0.3 is 24.3 Å². The lowest BCUT2D eigenvalue weighted by molar-refractivity contribution is -0.132. The number of fused-ring (bicyclic) bond motifs is 1. The van der Waals surface area contributed by atoms with Crippen LogP contribution in [0.4, 0.5) is 0 Å². The molecule has 2 heterocycles. The SMILES string of the molecule is Cc1cc(-c2cc(=O)c3cccc(Cl)c3o2)c(OCC(=O)N2CC(O)C(O)C2)cc1Br. The molecular weight excluding hydrogens is 490 g/mol. The van der Waals surface area contributed by atoms with Gasteiger partial charge >= 0.3 is 0 Å². The normalized spacial score (nSPS) is 18.5. The van der Waals surface area contributed by atoms with Crippen molar-refractivity contribution in [1.82, 2.24) is 4.90 Å². The van der Waals surface area contributed by atoms with Gasteiger partial charge in [0.2, 0.25) is 0 Å². The molecule has 4 rings (SSSR count). The van der Waals surface area contributed by atoms with Gasteiger partial charge in [0.15, 0.2) is 17.6 Å². The Morgan fingerprint density at radius 1 is 1.26 bits per heavy atom. The zero-order valence-corrected chi connectivity index (χ0v) is 18.8. The summed E-state index contributed by atoms with van der Waals surface area (Å²) in [6.45, 7) is 1.67. The first-order valence-electron chi connectivity index (χ1n) is 9.54. The predicted octanol–water partition coefficient (Wildman–Crippen LogP) is 3.13. The van der Waals surface area contributed by atoms with Crippen LogP contribution < -0.4 is 10.2 Å². The van der Waals surface area contributed by atoms with Gasteiger partial charge in [-0.25, -0.2) is 0 Å². The Labute approximate surface area is 190 Å². The molecule has 31 heavy (non-hydrogen) atoms. The van der Waals surface area contributed by atoms with E-state index in [1.54, 1.807) is 30.3 Å². The lowest BCUT2D eigenvalue weighted by Gasteiger charge is -2.17. The molecule has 1 aromatic heterocycles. The number of likely N-dealkylation sites (tertiary alicyclic amines) is 1. The first-order valence-corrected chi connectivity index (χ1v) is 10.7. The number of para-hydroxylation sites is 1. The van der Waals surface area contributed by atoms with Crippen LogP contribution in [0.3, 0.4) is 0 Å². The Balaban J connectivity index is 1.69. The Bertz CT molecular complexity index is 1220. The summed E-state index contributed by atoms with van der Waals surface area (Å²) in [7, 11) is 0. The van der Waals surface area contributed by atoms with Crippen LogP contribution in [0.5, 0.6) is 5.75 Å². The van der Waals surface area contributed by atoms with Gasteiger partial charge in [-0.2, -0.15) is 0 Å². The number of aryl methyl sites for hydroxylation is 1. The minimum atomic E-state index is -0.968. The highest BCUT2D eigenvalue weighted by molar-refractivity contribution is 9.10. The zero-order chi connectivity index (χ0) is 22.3. The second-order valence-electron chi connectivity index (χ2n) is 7.41. The third-order valence-electron chi connectivity index (χ3n) is 5.20. The largest absolute Gasteiger partial charge is 0.483 e. The third kappa shape index (κ3) is 4.34. The molecule has 3 aromatic rings. The van der Waals surface area contributed by atoms with Crippen molar-refractivity contribution in [3.8, 4) is 17.1 Å². The molecule has 1 aliphatic rings. The summed E-state index contributed by atoms with van der Waals surface area (Å²) in [5.74, 6) is 0.220. The van der Waals surface area contributed by atoms with Crippen molar-refractivity contribution in [1.29, 1.82) is 0 Å². The summed E-state index contributed by atoms with van der Waals surface area (Å²) in [6.07, 6.45) is -1.94. The van der Waals surface area contributed by atoms with Crippen LogP contribution in [0.15, 0.2) is 50.1 Å². The van der Waals surface area contributed by atoms with Crippen LogP contribution in [0.1, 0.15) is 5.56 Å². The van der Waals surface area contributed by atoms with Crippen molar-refractivity contribution < 1.29 is 24.2 Å². The zero-order valence-electron chi connectivity index (χ0n) is 16.5. The smallest absolute Gasteiger partial charge is 0.260 e. The average Bonchev–Trinajstić information content (AvgIpc) is 3.07. The summed E-state index contributed by atoms with van der Waals surface area (Å²) in [5, 5.41) is 20.0. The Morgan fingerprint density at radius 2 is 1.97 bits per heavy atom. The molecule has 0 spiro atoms. The number of aliphatic hydroxyl groups is 2. The molecule has 7 nitrogen and oxygen atoms in total. The first-order chi connectivity index (χ1) is 14.7. The van der Waals surface area contributed by atoms with Gasteiger partial charge in [-0.05, 0) is 36.8 Å². The van der Waals surface area contributed by atoms with E-state index < -0.39 is 12.2 Å². The van der Waals surface area contributed by atoms with Crippen LogP contribution in [0.2, 0.25) is 5.02 Å². The maximum Gasteiger partial charge on any atom is 0.260 e. The number of halogens is 2. The van der Waals surface area contributed by atoms with E-state index >= 15 is 0 Å². The fourth-order valence-electron chi connectivity index (χ4n) is 3.45. The first kappa shape index (κ1) is 21.8. The fourth-order valence-corrected chi connectivity index (χ4v) is 3.99. The van der Waals surface area contributed by atoms with E-state index in [0.717, 1.165) is 10.0 Å². The third-order valence-corrected chi connectivity index (χ3v) is 6.35. The number of hydrogen-bond donors (Lipinski definition) is 2. The number of β-amino-alcohol motifs (C(OH)–C–C–N with tert-alkyl or cyclic N) is 2. The number of aliphatic hydroxyl groups excluding tert-OH is 2. The molecule has 1 fully saturated rings. The highest BCUT2D eigenvalue weighted by Gasteiger charge is 2.32. The van der Waals surface area contributed by atoms with Crippen LogP contribution in [0.25, 0.3) is 22.3 Å². The minimum Gasteiger partial charge on any atom is -0.483 e. The van der Waals surface area contributed by atoms with Crippen molar-refractivity contribution in [2.24, 2.45) is 0 Å². The molecule has 162 valence electrons. The lowest BCUT2D eigenvalue weighted by atomic mass is 10.1. The van der Waals surface area contributed by atoms with Crippen molar-refractivity contribution in [2.45, 2.75) is 19.1 Å². The van der Waals surface area contributed by atoms with Crippen molar-refractivity contribution in [3.63, 3.8) is 0 Å². The Kier molecular flexibility index (Phi) is 6.07. The van der Waals surface area contributed by atoms with Crippen LogP contribution in [-0.4, -0.2) is 52.9 Å². The molecule has 2 unspecified atom stereocenters. The molecule has 9 heteroatoms. The number of carbonyl (C=O) groups excluding carboxylic acids is 1. The monoisotopic (exact) mass is 507 g/mol. The molecule has 2 atom stereocenters. The molecule has 2 N–H and O–H groups in total. The van der Waals surface area contributed by atoms with Crippen molar-refractivity contribution in [2.75, 3.05) is 19.7 Å². The summed E-state index contributed by atoms with van der Waals surface area (Å²) in [6, 6.07) is 9.80. The maximum atomic E-state index is 12.6. The average molecular weight is 509 g/mol. The quantitative estimate of drug-likeness (QED) is 0.562. The highest BCUT2D eigenvalue weighted by Crippen LogP contribution is 2.36. The molecule has 1 amide bonds. The van der Waals surface area contributed by atoms with Gasteiger partial charge in [0.05, 0.1) is 28.2 Å². The van der Waals surface area contributed by atoms with Crippen LogP contribution in [-0.2, 0) is 4.79 Å². The number of rotatable bonds is 4. The molecule has 0 bridgehead atoms. The minimum absolute atomic E-state index is 0.0475. The second kappa shape index (κ2) is 8.63. The topological polar surface area (TPSA) is 100 Å². The number of amides is 1. The van der Waals surface area contributed by atoms with Gasteiger partial charge in [0.1, 0.15) is 11.5 Å². The number of carbonyl (C=O) groups is 1. The molecule has 0 aliphatic carbocycles. The summed E-state index contributed by atoms with van der Waals surface area (Å²) < 4.78 is 12.5. The van der Waals surface area contributed by atoms with E-state index in [2.05, 4.69) is 15.9 Å². The Hall–Kier alpha value is -2.39. The molecule has 0 saturated carbocycles. The second-order valence-corrected chi connectivity index (χ2v) is 8.67. The van der Waals surface area contributed by atoms with Crippen molar-refractivity contribution >= 4 is 44.4 Å². The van der Waals surface area contributed by atoms with E-state index in [1.807, 2.05) is 6.92 Å². The van der Waals surface area contributed by atoms with Crippen LogP contribution >= 0.6 is 27.5 Å². The number of nitrogens with zero attached hydrogens (tertiary/aromatic N) is 1.